The third-order valence-electron chi connectivity index (χ3n) is 5.39. The Morgan fingerprint density at radius 3 is 2.00 bits per heavy atom. The number of hydrogen-bond acceptors (Lipinski definition) is 3. The first kappa shape index (κ1) is 18.2. The van der Waals surface area contributed by atoms with Crippen molar-refractivity contribution in [1.29, 1.82) is 0 Å². The normalized spacial score (nSPS) is 21.3. The van der Waals surface area contributed by atoms with E-state index < -0.39 is 6.10 Å². The molecule has 0 amide bonds. The molecule has 4 rings (SSSR count). The minimum atomic E-state index is -0.393. The fourth-order valence-corrected chi connectivity index (χ4v) is 3.95. The number of carbonyl (C=O) groups is 2. The Morgan fingerprint density at radius 2 is 1.36 bits per heavy atom. The highest BCUT2D eigenvalue weighted by Gasteiger charge is 2.45. The molecule has 0 unspecified atom stereocenters. The van der Waals surface area contributed by atoms with E-state index in [2.05, 4.69) is 0 Å². The topological polar surface area (TPSA) is 43.4 Å². The van der Waals surface area contributed by atoms with Crippen LogP contribution >= 0.6 is 0 Å². The van der Waals surface area contributed by atoms with Crippen molar-refractivity contribution < 1.29 is 14.3 Å². The maximum atomic E-state index is 12.9. The molecule has 1 heterocycles. The molecule has 28 heavy (non-hydrogen) atoms. The number of rotatable bonds is 6. The lowest BCUT2D eigenvalue weighted by molar-refractivity contribution is -0.144. The Hall–Kier alpha value is -3.20. The van der Waals surface area contributed by atoms with Gasteiger partial charge in [0.1, 0.15) is 6.10 Å². The van der Waals surface area contributed by atoms with Crippen LogP contribution in [0.3, 0.4) is 0 Å². The number of ether oxygens (including phenoxy) is 1. The van der Waals surface area contributed by atoms with Gasteiger partial charge in [0.25, 0.3) is 0 Å². The number of Topliss-reactive ketones (excluding diaryl/α,β-unsaturated/α-hetero) is 1. The number of carbonyl (C=O) groups excluding carboxylic acids is 2. The van der Waals surface area contributed by atoms with Gasteiger partial charge in [-0.2, -0.15) is 0 Å². The van der Waals surface area contributed by atoms with E-state index in [-0.39, 0.29) is 30.0 Å². The molecule has 0 aliphatic carbocycles. The monoisotopic (exact) mass is 370 g/mol. The first-order valence-electron chi connectivity index (χ1n) is 9.60. The molecular formula is C25H22O3. The van der Waals surface area contributed by atoms with Gasteiger partial charge < -0.3 is 4.74 Å². The Kier molecular flexibility index (Phi) is 5.34. The molecule has 3 heteroatoms. The van der Waals surface area contributed by atoms with Gasteiger partial charge in [0.05, 0.1) is 5.92 Å². The molecule has 0 spiro atoms. The van der Waals surface area contributed by atoms with Gasteiger partial charge in [0.15, 0.2) is 5.78 Å². The molecule has 140 valence electrons. The van der Waals surface area contributed by atoms with Crippen LogP contribution in [-0.2, 0) is 16.0 Å². The van der Waals surface area contributed by atoms with Crippen molar-refractivity contribution in [3.8, 4) is 0 Å². The van der Waals surface area contributed by atoms with E-state index in [4.69, 9.17) is 4.74 Å². The Morgan fingerprint density at radius 1 is 0.786 bits per heavy atom. The maximum Gasteiger partial charge on any atom is 0.310 e. The van der Waals surface area contributed by atoms with Crippen molar-refractivity contribution in [2.45, 2.75) is 18.9 Å². The molecule has 1 aliphatic heterocycles. The van der Waals surface area contributed by atoms with Crippen molar-refractivity contribution in [3.63, 3.8) is 0 Å². The van der Waals surface area contributed by atoms with Crippen LogP contribution < -0.4 is 0 Å². The van der Waals surface area contributed by atoms with Gasteiger partial charge in [0, 0.05) is 17.9 Å². The molecule has 0 aromatic heterocycles. The lowest BCUT2D eigenvalue weighted by atomic mass is 9.79. The quantitative estimate of drug-likeness (QED) is 0.451. The smallest absolute Gasteiger partial charge is 0.310 e. The van der Waals surface area contributed by atoms with Crippen LogP contribution in [0, 0.1) is 11.8 Å². The molecule has 3 atom stereocenters. The summed E-state index contributed by atoms with van der Waals surface area (Å²) in [5.41, 5.74) is 2.69. The first-order valence-corrected chi connectivity index (χ1v) is 9.60. The summed E-state index contributed by atoms with van der Waals surface area (Å²) in [6, 6.07) is 28.9. The molecule has 0 saturated carbocycles. The minimum Gasteiger partial charge on any atom is -0.457 e. The lowest BCUT2D eigenvalue weighted by Gasteiger charge is -2.21. The summed E-state index contributed by atoms with van der Waals surface area (Å²) in [5.74, 6) is -0.699. The Bertz CT molecular complexity index is 935. The van der Waals surface area contributed by atoms with E-state index in [1.54, 1.807) is 0 Å². The van der Waals surface area contributed by atoms with Crippen LogP contribution in [0.2, 0.25) is 0 Å². The zero-order chi connectivity index (χ0) is 19.3. The maximum absolute atomic E-state index is 12.9. The zero-order valence-corrected chi connectivity index (χ0v) is 15.5. The second-order valence-corrected chi connectivity index (χ2v) is 7.22. The molecule has 3 aromatic rings. The highest BCUT2D eigenvalue weighted by atomic mass is 16.6. The van der Waals surface area contributed by atoms with Crippen molar-refractivity contribution in [2.75, 3.05) is 0 Å². The summed E-state index contributed by atoms with van der Waals surface area (Å²) >= 11 is 0. The van der Waals surface area contributed by atoms with Crippen LogP contribution in [0.5, 0.6) is 0 Å². The van der Waals surface area contributed by atoms with Crippen LogP contribution in [0.15, 0.2) is 91.0 Å². The van der Waals surface area contributed by atoms with Crippen LogP contribution in [0.4, 0.5) is 0 Å². The molecule has 0 N–H and O–H groups in total. The van der Waals surface area contributed by atoms with Crippen LogP contribution in [0.1, 0.15) is 34.0 Å². The lowest BCUT2D eigenvalue weighted by Crippen LogP contribution is -2.22. The fourth-order valence-electron chi connectivity index (χ4n) is 3.95. The molecule has 0 radical (unpaired) electrons. The second kappa shape index (κ2) is 8.22. The second-order valence-electron chi connectivity index (χ2n) is 7.22. The van der Waals surface area contributed by atoms with E-state index in [0.717, 1.165) is 11.1 Å². The molecule has 1 aliphatic rings. The van der Waals surface area contributed by atoms with Crippen molar-refractivity contribution in [2.24, 2.45) is 11.8 Å². The van der Waals surface area contributed by atoms with E-state index >= 15 is 0 Å². The van der Waals surface area contributed by atoms with Gasteiger partial charge in [-0.3, -0.25) is 9.59 Å². The molecular weight excluding hydrogens is 348 g/mol. The molecule has 3 aromatic carbocycles. The predicted molar refractivity (Wildman–Crippen MR) is 108 cm³/mol. The molecule has 1 saturated heterocycles. The largest absolute Gasteiger partial charge is 0.457 e. The third-order valence-corrected chi connectivity index (χ3v) is 5.39. The minimum absolute atomic E-state index is 0.0443. The van der Waals surface area contributed by atoms with E-state index in [0.29, 0.717) is 12.0 Å². The zero-order valence-electron chi connectivity index (χ0n) is 15.5. The highest BCUT2D eigenvalue weighted by Crippen LogP contribution is 2.43. The first-order chi connectivity index (χ1) is 13.7. The van der Waals surface area contributed by atoms with Gasteiger partial charge in [-0.05, 0) is 17.5 Å². The molecule has 3 nitrogen and oxygen atoms in total. The summed E-state index contributed by atoms with van der Waals surface area (Å²) in [6.07, 6.45) is 0.470. The standard InChI is InChI=1S/C25H22O3/c26-23(19-12-6-2-7-13-19)17-21-22(16-18-10-4-1-5-11-18)25(27)28-24(21)20-14-8-3-9-15-20/h1-15,21-22,24H,16-17H2/t21-,22-,24+/m0/s1. The van der Waals surface area contributed by atoms with Crippen molar-refractivity contribution in [1.82, 2.24) is 0 Å². The summed E-state index contributed by atoms with van der Waals surface area (Å²) < 4.78 is 5.79. The van der Waals surface area contributed by atoms with Gasteiger partial charge in [0.2, 0.25) is 0 Å². The number of benzene rings is 3. The van der Waals surface area contributed by atoms with Gasteiger partial charge >= 0.3 is 5.97 Å². The van der Waals surface area contributed by atoms with E-state index in [1.807, 2.05) is 91.0 Å². The van der Waals surface area contributed by atoms with E-state index in [1.165, 1.54) is 0 Å². The summed E-state index contributed by atoms with van der Waals surface area (Å²) in [7, 11) is 0. The van der Waals surface area contributed by atoms with Crippen molar-refractivity contribution in [3.05, 3.63) is 108 Å². The third kappa shape index (κ3) is 3.89. The SMILES string of the molecule is O=C(C[C@H]1[C@H](Cc2ccccc2)C(=O)O[C@@H]1c1ccccc1)c1ccccc1. The Balaban J connectivity index is 1.64. The number of esters is 1. The average molecular weight is 370 g/mol. The number of cyclic esters (lactones) is 1. The summed E-state index contributed by atoms with van der Waals surface area (Å²) in [4.78, 5) is 25.7. The van der Waals surface area contributed by atoms with E-state index in [9.17, 15) is 9.59 Å². The van der Waals surface area contributed by atoms with Crippen molar-refractivity contribution >= 4 is 11.8 Å². The summed E-state index contributed by atoms with van der Waals surface area (Å²) in [5, 5.41) is 0. The molecule has 1 fully saturated rings. The van der Waals surface area contributed by atoms with Crippen LogP contribution in [-0.4, -0.2) is 11.8 Å². The van der Waals surface area contributed by atoms with Gasteiger partial charge in [-0.25, -0.2) is 0 Å². The molecule has 0 bridgehead atoms. The van der Waals surface area contributed by atoms with Crippen LogP contribution in [0.25, 0.3) is 0 Å². The van der Waals surface area contributed by atoms with Gasteiger partial charge in [-0.1, -0.05) is 91.0 Å². The van der Waals surface area contributed by atoms with Gasteiger partial charge in [-0.15, -0.1) is 0 Å². The Labute approximate surface area is 165 Å². The number of hydrogen-bond donors (Lipinski definition) is 0. The average Bonchev–Trinajstić information content (AvgIpc) is 3.05. The summed E-state index contributed by atoms with van der Waals surface area (Å²) in [6.45, 7) is 0. The highest BCUT2D eigenvalue weighted by molar-refractivity contribution is 5.96. The fraction of sp³-hybridized carbons (Fsp3) is 0.200. The predicted octanol–water partition coefficient (Wildman–Crippen LogP) is 5.03. The number of ketones is 1.